The van der Waals surface area contributed by atoms with E-state index in [4.69, 9.17) is 4.74 Å². The Labute approximate surface area is 218 Å². The second kappa shape index (κ2) is 9.91. The molecule has 2 aliphatic rings. The number of pyridine rings is 1. The SMILES string of the molecule is CN(CCOc1ccc(-c2cc3c(ncn3C)c(C#N)n2)cc1C(F)(F)F)C(=O)CN1CCC2(CCC2)C1. The van der Waals surface area contributed by atoms with Crippen LogP contribution in [0.3, 0.4) is 0 Å². The van der Waals surface area contributed by atoms with Crippen LogP contribution in [0, 0.1) is 16.7 Å². The number of rotatable bonds is 7. The first kappa shape index (κ1) is 26.0. The number of amides is 1. The molecule has 2 aromatic heterocycles. The highest BCUT2D eigenvalue weighted by molar-refractivity contribution is 5.84. The number of benzene rings is 1. The molecule has 0 radical (unpaired) electrons. The molecule has 2 fully saturated rings. The van der Waals surface area contributed by atoms with Crippen LogP contribution in [0.15, 0.2) is 30.6 Å². The van der Waals surface area contributed by atoms with E-state index in [9.17, 15) is 23.2 Å². The zero-order valence-corrected chi connectivity index (χ0v) is 21.4. The van der Waals surface area contributed by atoms with E-state index in [1.807, 2.05) is 6.07 Å². The van der Waals surface area contributed by atoms with E-state index in [0.29, 0.717) is 23.0 Å². The lowest BCUT2D eigenvalue weighted by atomic mass is 9.68. The number of aryl methyl sites for hydroxylation is 1. The Morgan fingerprint density at radius 1 is 1.26 bits per heavy atom. The summed E-state index contributed by atoms with van der Waals surface area (Å²) < 4.78 is 49.1. The van der Waals surface area contributed by atoms with Crippen LogP contribution < -0.4 is 4.74 Å². The Morgan fingerprint density at radius 2 is 2.05 bits per heavy atom. The minimum absolute atomic E-state index is 0.0384. The van der Waals surface area contributed by atoms with Crippen molar-refractivity contribution >= 4 is 16.9 Å². The number of hydrogen-bond donors (Lipinski definition) is 0. The average molecular weight is 527 g/mol. The molecule has 11 heteroatoms. The van der Waals surface area contributed by atoms with Crippen molar-refractivity contribution in [3.8, 4) is 23.1 Å². The number of alkyl halides is 3. The number of carbonyl (C=O) groups is 1. The number of likely N-dealkylation sites (N-methyl/N-ethyl adjacent to an activating group) is 1. The first-order valence-electron chi connectivity index (χ1n) is 12.6. The molecular weight excluding hydrogens is 497 g/mol. The molecule has 0 unspecified atom stereocenters. The van der Waals surface area contributed by atoms with Gasteiger partial charge in [-0.15, -0.1) is 0 Å². The lowest BCUT2D eigenvalue weighted by molar-refractivity contribution is -0.139. The smallest absolute Gasteiger partial charge is 0.419 e. The number of fused-ring (bicyclic) bond motifs is 1. The maximum atomic E-state index is 14.0. The summed E-state index contributed by atoms with van der Waals surface area (Å²) in [4.78, 5) is 24.7. The maximum absolute atomic E-state index is 14.0. The van der Waals surface area contributed by atoms with Gasteiger partial charge in [-0.25, -0.2) is 9.97 Å². The zero-order valence-electron chi connectivity index (χ0n) is 21.4. The summed E-state index contributed by atoms with van der Waals surface area (Å²) in [5.74, 6) is -0.392. The van der Waals surface area contributed by atoms with E-state index in [2.05, 4.69) is 14.9 Å². The summed E-state index contributed by atoms with van der Waals surface area (Å²) >= 11 is 0. The molecule has 38 heavy (non-hydrogen) atoms. The van der Waals surface area contributed by atoms with Crippen LogP contribution in [0.5, 0.6) is 5.75 Å². The van der Waals surface area contributed by atoms with Gasteiger partial charge in [0.1, 0.15) is 23.9 Å². The predicted octanol–water partition coefficient (Wildman–Crippen LogP) is 4.24. The van der Waals surface area contributed by atoms with Crippen molar-refractivity contribution < 1.29 is 22.7 Å². The van der Waals surface area contributed by atoms with Crippen LogP contribution in [0.2, 0.25) is 0 Å². The van der Waals surface area contributed by atoms with Gasteiger partial charge >= 0.3 is 6.18 Å². The average Bonchev–Trinajstić information content (AvgIpc) is 3.47. The number of imidazole rings is 1. The topological polar surface area (TPSA) is 87.3 Å². The second-order valence-electron chi connectivity index (χ2n) is 10.4. The molecule has 3 aromatic rings. The summed E-state index contributed by atoms with van der Waals surface area (Å²) in [6.07, 6.45) is 1.70. The number of nitrogens with zero attached hydrogens (tertiary/aromatic N) is 6. The van der Waals surface area contributed by atoms with Gasteiger partial charge in [0, 0.05) is 26.2 Å². The fourth-order valence-electron chi connectivity index (χ4n) is 5.37. The van der Waals surface area contributed by atoms with E-state index >= 15 is 0 Å². The molecule has 0 bridgehead atoms. The van der Waals surface area contributed by atoms with Crippen LogP contribution in [-0.4, -0.2) is 70.1 Å². The Bertz CT molecular complexity index is 1410. The molecule has 1 amide bonds. The molecule has 5 rings (SSSR count). The van der Waals surface area contributed by atoms with Gasteiger partial charge in [-0.2, -0.15) is 18.4 Å². The van der Waals surface area contributed by atoms with Crippen molar-refractivity contribution in [3.05, 3.63) is 41.9 Å². The Morgan fingerprint density at radius 3 is 2.71 bits per heavy atom. The summed E-state index contributed by atoms with van der Waals surface area (Å²) in [6, 6.07) is 7.27. The molecule has 1 aliphatic heterocycles. The maximum Gasteiger partial charge on any atom is 0.419 e. The first-order chi connectivity index (χ1) is 18.1. The molecule has 1 spiro atoms. The number of aromatic nitrogens is 3. The van der Waals surface area contributed by atoms with Crippen molar-refractivity contribution in [1.82, 2.24) is 24.3 Å². The highest BCUT2D eigenvalue weighted by atomic mass is 19.4. The Balaban J connectivity index is 1.26. The molecule has 200 valence electrons. The number of likely N-dealkylation sites (tertiary alicyclic amines) is 1. The van der Waals surface area contributed by atoms with Gasteiger partial charge in [0.25, 0.3) is 0 Å². The molecule has 0 N–H and O–H groups in total. The van der Waals surface area contributed by atoms with Crippen molar-refractivity contribution in [2.75, 3.05) is 39.8 Å². The summed E-state index contributed by atoms with van der Waals surface area (Å²) in [6.45, 7) is 2.27. The van der Waals surface area contributed by atoms with Crippen LogP contribution in [0.4, 0.5) is 13.2 Å². The summed E-state index contributed by atoms with van der Waals surface area (Å²) in [5, 5.41) is 9.45. The number of hydrogen-bond acceptors (Lipinski definition) is 6. The van der Waals surface area contributed by atoms with E-state index in [1.54, 1.807) is 24.7 Å². The zero-order chi connectivity index (χ0) is 27.1. The van der Waals surface area contributed by atoms with Crippen molar-refractivity contribution in [1.29, 1.82) is 5.26 Å². The molecular formula is C27H29F3N6O2. The van der Waals surface area contributed by atoms with E-state index in [-0.39, 0.29) is 41.8 Å². The van der Waals surface area contributed by atoms with Crippen molar-refractivity contribution in [2.24, 2.45) is 12.5 Å². The van der Waals surface area contributed by atoms with E-state index in [0.717, 1.165) is 25.6 Å². The van der Waals surface area contributed by atoms with Crippen molar-refractivity contribution in [3.63, 3.8) is 0 Å². The molecule has 1 saturated carbocycles. The van der Waals surface area contributed by atoms with Crippen LogP contribution >= 0.6 is 0 Å². The van der Waals surface area contributed by atoms with Gasteiger partial charge in [-0.3, -0.25) is 9.69 Å². The largest absolute Gasteiger partial charge is 0.491 e. The molecule has 1 saturated heterocycles. The number of nitriles is 1. The standard InChI is InChI=1S/C27H29F3N6O2/c1-34(24(37)15-36-9-8-26(16-36)6-3-7-26)10-11-38-23-5-4-18(12-19(23)27(28,29)30)20-13-22-25(21(14-31)33-20)32-17-35(22)2/h4-5,12-13,17H,3,6-11,15-16H2,1-2H3. The van der Waals surface area contributed by atoms with E-state index in [1.165, 1.54) is 42.6 Å². The molecule has 1 aliphatic carbocycles. The fourth-order valence-corrected chi connectivity index (χ4v) is 5.37. The fraction of sp³-hybridized carbons (Fsp3) is 0.481. The molecule has 8 nitrogen and oxygen atoms in total. The number of ether oxygens (including phenoxy) is 1. The van der Waals surface area contributed by atoms with Crippen LogP contribution in [-0.2, 0) is 18.0 Å². The minimum atomic E-state index is -4.67. The molecule has 0 atom stereocenters. The monoisotopic (exact) mass is 526 g/mol. The normalized spacial score (nSPS) is 16.9. The van der Waals surface area contributed by atoms with Gasteiger partial charge < -0.3 is 14.2 Å². The molecule has 3 heterocycles. The lowest BCUT2D eigenvalue weighted by Gasteiger charge is -2.38. The third kappa shape index (κ3) is 5.05. The first-order valence-corrected chi connectivity index (χ1v) is 12.6. The highest BCUT2D eigenvalue weighted by Crippen LogP contribution is 2.47. The number of halogens is 3. The minimum Gasteiger partial charge on any atom is -0.491 e. The molecule has 1 aromatic carbocycles. The van der Waals surface area contributed by atoms with Gasteiger partial charge in [-0.05, 0) is 55.5 Å². The van der Waals surface area contributed by atoms with Gasteiger partial charge in [0.15, 0.2) is 5.69 Å². The van der Waals surface area contributed by atoms with Crippen molar-refractivity contribution in [2.45, 2.75) is 31.9 Å². The van der Waals surface area contributed by atoms with Gasteiger partial charge in [0.2, 0.25) is 5.91 Å². The van der Waals surface area contributed by atoms with Gasteiger partial charge in [-0.1, -0.05) is 6.42 Å². The van der Waals surface area contributed by atoms with Crippen LogP contribution in [0.25, 0.3) is 22.3 Å². The summed E-state index contributed by atoms with van der Waals surface area (Å²) in [5.41, 5.74) is 0.897. The quantitative estimate of drug-likeness (QED) is 0.458. The lowest BCUT2D eigenvalue weighted by Crippen LogP contribution is -2.41. The Hall–Kier alpha value is -3.65. The Kier molecular flexibility index (Phi) is 6.77. The number of carbonyl (C=O) groups excluding carboxylic acids is 1. The summed E-state index contributed by atoms with van der Waals surface area (Å²) in [7, 11) is 3.37. The third-order valence-electron chi connectivity index (χ3n) is 7.80. The van der Waals surface area contributed by atoms with E-state index < -0.39 is 11.7 Å². The predicted molar refractivity (Wildman–Crippen MR) is 134 cm³/mol. The van der Waals surface area contributed by atoms with Crippen LogP contribution in [0.1, 0.15) is 36.9 Å². The third-order valence-corrected chi connectivity index (χ3v) is 7.80. The van der Waals surface area contributed by atoms with Gasteiger partial charge in [0.05, 0.1) is 36.2 Å². The highest BCUT2D eigenvalue weighted by Gasteiger charge is 2.43. The second-order valence-corrected chi connectivity index (χ2v) is 10.4.